The molecule has 1 aromatic heterocycles. The van der Waals surface area contributed by atoms with E-state index < -0.39 is 6.04 Å². The minimum absolute atomic E-state index is 0.226. The molecular weight excluding hydrogens is 342 g/mol. The summed E-state index contributed by atoms with van der Waals surface area (Å²) in [6.45, 7) is 2.87. The fourth-order valence-corrected chi connectivity index (χ4v) is 2.62. The second-order valence-electron chi connectivity index (χ2n) is 5.79. The van der Waals surface area contributed by atoms with Gasteiger partial charge in [0.1, 0.15) is 11.9 Å². The van der Waals surface area contributed by atoms with Gasteiger partial charge in [-0.3, -0.25) is 0 Å². The van der Waals surface area contributed by atoms with E-state index >= 15 is 0 Å². The Morgan fingerprint density at radius 2 is 1.63 bits per heavy atom. The van der Waals surface area contributed by atoms with Crippen LogP contribution >= 0.6 is 0 Å². The van der Waals surface area contributed by atoms with Gasteiger partial charge in [-0.1, -0.05) is 30.3 Å². The molecule has 0 amide bonds. The van der Waals surface area contributed by atoms with Crippen LogP contribution in [0.5, 0.6) is 0 Å². The van der Waals surface area contributed by atoms with Gasteiger partial charge in [-0.05, 0) is 6.92 Å². The van der Waals surface area contributed by atoms with E-state index in [-0.39, 0.29) is 13.2 Å². The molecule has 7 nitrogen and oxygen atoms in total. The first-order valence-corrected chi connectivity index (χ1v) is 8.67. The minimum Gasteiger partial charge on any atom is -0.374 e. The highest BCUT2D eigenvalue weighted by atomic mass is 16.5. The van der Waals surface area contributed by atoms with Crippen molar-refractivity contribution in [2.24, 2.45) is 0 Å². The van der Waals surface area contributed by atoms with Crippen LogP contribution in [0.3, 0.4) is 0 Å². The van der Waals surface area contributed by atoms with Crippen molar-refractivity contribution >= 4 is 0 Å². The predicted molar refractivity (Wildman–Crippen MR) is 97.8 cm³/mol. The second-order valence-corrected chi connectivity index (χ2v) is 5.79. The molecule has 0 saturated heterocycles. The van der Waals surface area contributed by atoms with Gasteiger partial charge in [-0.15, -0.1) is 0 Å². The van der Waals surface area contributed by atoms with Gasteiger partial charge in [0.15, 0.2) is 0 Å². The summed E-state index contributed by atoms with van der Waals surface area (Å²) in [5, 5.41) is 26.8. The topological polar surface area (TPSA) is 108 Å². The molecule has 1 atom stereocenters. The Balaban J connectivity index is 2.40. The molecule has 0 radical (unpaired) electrons. The second kappa shape index (κ2) is 10.7. The van der Waals surface area contributed by atoms with Gasteiger partial charge in [-0.2, -0.15) is 15.8 Å². The first kappa shape index (κ1) is 20.1. The lowest BCUT2D eigenvalue weighted by Crippen LogP contribution is -2.12. The largest absolute Gasteiger partial charge is 0.374 e. The standard InChI is InChI=1S/C20H21N5O2/c1-16(13-23)25-19(15-27-12-6-10-22)18(14-26-11-5-9-21)24-20(25)17-7-3-2-4-8-17/h2-4,7-8,16H,5-6,11-12,14-15H2,1H3. The summed E-state index contributed by atoms with van der Waals surface area (Å²) in [5.41, 5.74) is 2.31. The molecule has 7 heteroatoms. The average Bonchev–Trinajstić information content (AvgIpc) is 3.07. The van der Waals surface area contributed by atoms with Crippen molar-refractivity contribution in [3.05, 3.63) is 41.7 Å². The Kier molecular flexibility index (Phi) is 8.00. The molecule has 0 bridgehead atoms. The van der Waals surface area contributed by atoms with Crippen molar-refractivity contribution in [3.8, 4) is 29.6 Å². The maximum Gasteiger partial charge on any atom is 0.141 e. The van der Waals surface area contributed by atoms with Gasteiger partial charge in [0.2, 0.25) is 0 Å². The number of nitriles is 3. The van der Waals surface area contributed by atoms with Gasteiger partial charge in [-0.25, -0.2) is 4.98 Å². The third kappa shape index (κ3) is 5.39. The third-order valence-electron chi connectivity index (χ3n) is 3.89. The van der Waals surface area contributed by atoms with Crippen molar-refractivity contribution in [1.82, 2.24) is 9.55 Å². The molecule has 138 valence electrons. The van der Waals surface area contributed by atoms with E-state index in [0.29, 0.717) is 37.6 Å². The van der Waals surface area contributed by atoms with E-state index in [0.717, 1.165) is 11.3 Å². The van der Waals surface area contributed by atoms with E-state index in [1.165, 1.54) is 0 Å². The summed E-state index contributed by atoms with van der Waals surface area (Å²) in [7, 11) is 0. The van der Waals surface area contributed by atoms with E-state index in [4.69, 9.17) is 25.0 Å². The molecule has 0 aliphatic heterocycles. The van der Waals surface area contributed by atoms with Gasteiger partial charge < -0.3 is 14.0 Å². The van der Waals surface area contributed by atoms with Crippen LogP contribution in [0.1, 0.15) is 37.2 Å². The highest BCUT2D eigenvalue weighted by molar-refractivity contribution is 5.57. The van der Waals surface area contributed by atoms with Crippen molar-refractivity contribution in [3.63, 3.8) is 0 Å². The zero-order valence-corrected chi connectivity index (χ0v) is 15.3. The van der Waals surface area contributed by atoms with Gasteiger partial charge >= 0.3 is 0 Å². The average molecular weight is 363 g/mol. The number of hydrogen-bond donors (Lipinski definition) is 0. The van der Waals surface area contributed by atoms with E-state index in [2.05, 4.69) is 6.07 Å². The normalized spacial score (nSPS) is 11.3. The summed E-state index contributed by atoms with van der Waals surface area (Å²) in [6, 6.07) is 15.5. The lowest BCUT2D eigenvalue weighted by atomic mass is 10.2. The van der Waals surface area contributed by atoms with Gasteiger partial charge in [0, 0.05) is 5.56 Å². The first-order valence-electron chi connectivity index (χ1n) is 8.67. The molecule has 2 aromatic rings. The van der Waals surface area contributed by atoms with E-state index in [1.807, 2.05) is 47.0 Å². The highest BCUT2D eigenvalue weighted by Crippen LogP contribution is 2.27. The lowest BCUT2D eigenvalue weighted by molar-refractivity contribution is 0.107. The predicted octanol–water partition coefficient (Wildman–Crippen LogP) is 3.50. The van der Waals surface area contributed by atoms with Gasteiger partial charge in [0.25, 0.3) is 0 Å². The summed E-state index contributed by atoms with van der Waals surface area (Å²) >= 11 is 0. The molecule has 0 fully saturated rings. The van der Waals surface area contributed by atoms with Crippen LogP contribution in [0.4, 0.5) is 0 Å². The SMILES string of the molecule is CC(C#N)n1c(-c2ccccc2)nc(COCCC#N)c1COCCC#N. The van der Waals surface area contributed by atoms with Crippen molar-refractivity contribution in [2.75, 3.05) is 13.2 Å². The molecular formula is C20H21N5O2. The Morgan fingerprint density at radius 1 is 1.00 bits per heavy atom. The molecule has 1 unspecified atom stereocenters. The number of ether oxygens (including phenoxy) is 2. The van der Waals surface area contributed by atoms with Crippen LogP contribution in [0.15, 0.2) is 30.3 Å². The molecule has 0 aliphatic carbocycles. The molecule has 2 rings (SSSR count). The van der Waals surface area contributed by atoms with E-state index in [1.54, 1.807) is 6.92 Å². The van der Waals surface area contributed by atoms with Crippen LogP contribution in [-0.2, 0) is 22.7 Å². The zero-order chi connectivity index (χ0) is 19.5. The number of nitrogens with zero attached hydrogens (tertiary/aromatic N) is 5. The molecule has 0 saturated carbocycles. The number of benzene rings is 1. The van der Waals surface area contributed by atoms with Crippen LogP contribution in [-0.4, -0.2) is 22.8 Å². The monoisotopic (exact) mass is 363 g/mol. The van der Waals surface area contributed by atoms with Crippen molar-refractivity contribution in [2.45, 2.75) is 39.0 Å². The van der Waals surface area contributed by atoms with Crippen molar-refractivity contribution < 1.29 is 9.47 Å². The highest BCUT2D eigenvalue weighted by Gasteiger charge is 2.22. The Bertz CT molecular complexity index is 855. The molecule has 0 aliphatic rings. The fraction of sp³-hybridized carbons (Fsp3) is 0.400. The summed E-state index contributed by atoms with van der Waals surface area (Å²) < 4.78 is 13.0. The smallest absolute Gasteiger partial charge is 0.141 e. The first-order chi connectivity index (χ1) is 13.2. The zero-order valence-electron chi connectivity index (χ0n) is 15.3. The Morgan fingerprint density at radius 3 is 2.22 bits per heavy atom. The summed E-state index contributed by atoms with van der Waals surface area (Å²) in [4.78, 5) is 4.70. The Labute approximate surface area is 159 Å². The molecule has 0 N–H and O–H groups in total. The quantitative estimate of drug-likeness (QED) is 0.598. The lowest BCUT2D eigenvalue weighted by Gasteiger charge is -2.15. The number of imidazole rings is 1. The summed E-state index contributed by atoms with van der Waals surface area (Å²) in [6.07, 6.45) is 0.594. The molecule has 1 heterocycles. The maximum atomic E-state index is 9.50. The third-order valence-corrected chi connectivity index (χ3v) is 3.89. The van der Waals surface area contributed by atoms with Crippen LogP contribution in [0, 0.1) is 34.0 Å². The molecule has 0 spiro atoms. The molecule has 27 heavy (non-hydrogen) atoms. The number of hydrogen-bond acceptors (Lipinski definition) is 6. The Hall–Kier alpha value is -3.18. The van der Waals surface area contributed by atoms with Crippen LogP contribution in [0.2, 0.25) is 0 Å². The van der Waals surface area contributed by atoms with Crippen LogP contribution in [0.25, 0.3) is 11.4 Å². The maximum absolute atomic E-state index is 9.50. The fourth-order valence-electron chi connectivity index (χ4n) is 2.62. The van der Waals surface area contributed by atoms with Crippen molar-refractivity contribution in [1.29, 1.82) is 15.8 Å². The number of rotatable bonds is 10. The van der Waals surface area contributed by atoms with Gasteiger partial charge in [0.05, 0.1) is 68.9 Å². The summed E-state index contributed by atoms with van der Waals surface area (Å²) in [5.74, 6) is 0.669. The minimum atomic E-state index is -0.449. The molecule has 1 aromatic carbocycles. The van der Waals surface area contributed by atoms with E-state index in [9.17, 15) is 5.26 Å². The number of aromatic nitrogens is 2. The van der Waals surface area contributed by atoms with Crippen LogP contribution < -0.4 is 0 Å².